The highest BCUT2D eigenvalue weighted by molar-refractivity contribution is 9.10. The fraction of sp³-hybridized carbons (Fsp3) is 0.115. The normalized spacial score (nSPS) is 15.9. The van der Waals surface area contributed by atoms with E-state index in [1.807, 2.05) is 30.3 Å². The summed E-state index contributed by atoms with van der Waals surface area (Å²) >= 11 is 4.69. The Hall–Kier alpha value is -3.49. The molecule has 1 aliphatic heterocycles. The highest BCUT2D eigenvalue weighted by Crippen LogP contribution is 2.34. The highest BCUT2D eigenvalue weighted by atomic mass is 79.9. The first-order valence-corrected chi connectivity index (χ1v) is 12.1. The van der Waals surface area contributed by atoms with Gasteiger partial charge in [0.1, 0.15) is 23.3 Å². The average Bonchev–Trinajstić information content (AvgIpc) is 3.40. The summed E-state index contributed by atoms with van der Waals surface area (Å²) in [4.78, 5) is 31.2. The van der Waals surface area contributed by atoms with Crippen LogP contribution in [0.5, 0.6) is 5.75 Å². The number of carbonyl (C=O) groups excluding carboxylic acids is 1. The molecule has 0 amide bonds. The van der Waals surface area contributed by atoms with E-state index in [0.29, 0.717) is 32.1 Å². The van der Waals surface area contributed by atoms with Crippen molar-refractivity contribution in [3.63, 3.8) is 0 Å². The van der Waals surface area contributed by atoms with E-state index in [2.05, 4.69) is 20.9 Å². The zero-order valence-electron chi connectivity index (χ0n) is 18.3. The van der Waals surface area contributed by atoms with Crippen molar-refractivity contribution in [2.45, 2.75) is 19.9 Å². The van der Waals surface area contributed by atoms with Crippen LogP contribution in [0.2, 0.25) is 0 Å². The standard InChI is InChI=1S/C26H19BrN2O4S/c1-14-23(15(2)30)24(21-12-11-20(33-21)17-5-7-18(27)8-6-17)29-25(32)22(34-26(29)28-14)13-16-3-9-19(31)10-4-16/h3-13,24,31H,1-2H3/b22-13+/t24-/m0/s1. The van der Waals surface area contributed by atoms with Crippen molar-refractivity contribution >= 4 is 39.1 Å². The largest absolute Gasteiger partial charge is 0.508 e. The third-order valence-electron chi connectivity index (χ3n) is 5.62. The van der Waals surface area contributed by atoms with Crippen molar-refractivity contribution < 1.29 is 14.3 Å². The number of fused-ring (bicyclic) bond motifs is 1. The van der Waals surface area contributed by atoms with Crippen molar-refractivity contribution in [3.8, 4) is 17.1 Å². The first kappa shape index (κ1) is 22.3. The number of phenolic OH excluding ortho intramolecular Hbond substituents is 1. The fourth-order valence-corrected chi connectivity index (χ4v) is 5.34. The lowest BCUT2D eigenvalue weighted by Gasteiger charge is -2.22. The Morgan fingerprint density at radius 2 is 1.82 bits per heavy atom. The molecule has 0 unspecified atom stereocenters. The van der Waals surface area contributed by atoms with Gasteiger partial charge in [-0.3, -0.25) is 14.2 Å². The van der Waals surface area contributed by atoms with Gasteiger partial charge < -0.3 is 9.52 Å². The number of rotatable bonds is 4. The Morgan fingerprint density at radius 3 is 2.50 bits per heavy atom. The number of ketones is 1. The molecule has 0 bridgehead atoms. The van der Waals surface area contributed by atoms with E-state index in [-0.39, 0.29) is 17.1 Å². The average molecular weight is 535 g/mol. The smallest absolute Gasteiger partial charge is 0.271 e. The van der Waals surface area contributed by atoms with Crippen LogP contribution in [0.3, 0.4) is 0 Å². The first-order chi connectivity index (χ1) is 16.3. The summed E-state index contributed by atoms with van der Waals surface area (Å²) < 4.78 is 9.16. The van der Waals surface area contributed by atoms with E-state index in [1.165, 1.54) is 22.8 Å². The Kier molecular flexibility index (Phi) is 5.71. The minimum absolute atomic E-state index is 0.153. The van der Waals surface area contributed by atoms with Crippen LogP contribution in [0.15, 0.2) is 90.6 Å². The SMILES string of the molecule is CC(=O)C1=C(C)N=c2s/c(=C/c3ccc(O)cc3)c(=O)n2[C@H]1c1ccc(-c2ccc(Br)cc2)o1. The number of thiazole rings is 1. The topological polar surface area (TPSA) is 84.8 Å². The van der Waals surface area contributed by atoms with Crippen molar-refractivity contribution in [1.82, 2.24) is 4.57 Å². The maximum absolute atomic E-state index is 13.5. The number of hydrogen-bond acceptors (Lipinski definition) is 6. The van der Waals surface area contributed by atoms with Gasteiger partial charge in [0.25, 0.3) is 5.56 Å². The van der Waals surface area contributed by atoms with E-state index in [4.69, 9.17) is 4.42 Å². The molecule has 5 rings (SSSR count). The Bertz CT molecular complexity index is 1620. The number of aromatic nitrogens is 1. The number of hydrogen-bond donors (Lipinski definition) is 1. The minimum atomic E-state index is -0.708. The molecular formula is C26H19BrN2O4S. The summed E-state index contributed by atoms with van der Waals surface area (Å²) in [5.41, 5.74) is 2.41. The molecule has 0 saturated heterocycles. The number of Topliss-reactive ketones (excluding diaryl/α,β-unsaturated/α-hetero) is 1. The lowest BCUT2D eigenvalue weighted by molar-refractivity contribution is -0.114. The molecule has 0 spiro atoms. The Morgan fingerprint density at radius 1 is 1.12 bits per heavy atom. The van der Waals surface area contributed by atoms with Gasteiger partial charge >= 0.3 is 0 Å². The van der Waals surface area contributed by atoms with Crippen LogP contribution in [0.25, 0.3) is 17.4 Å². The predicted molar refractivity (Wildman–Crippen MR) is 134 cm³/mol. The fourth-order valence-electron chi connectivity index (χ4n) is 4.03. The van der Waals surface area contributed by atoms with Gasteiger partial charge in [0, 0.05) is 21.3 Å². The zero-order valence-corrected chi connectivity index (χ0v) is 20.7. The number of benzene rings is 2. The predicted octanol–water partition coefficient (Wildman–Crippen LogP) is 4.55. The lowest BCUT2D eigenvalue weighted by atomic mass is 9.98. The van der Waals surface area contributed by atoms with Gasteiger partial charge in [0.15, 0.2) is 10.6 Å². The van der Waals surface area contributed by atoms with E-state index in [9.17, 15) is 14.7 Å². The lowest BCUT2D eigenvalue weighted by Crippen LogP contribution is -2.39. The maximum atomic E-state index is 13.5. The second-order valence-corrected chi connectivity index (χ2v) is 9.86. The molecule has 2 aromatic heterocycles. The zero-order chi connectivity index (χ0) is 24.0. The third-order valence-corrected chi connectivity index (χ3v) is 7.13. The van der Waals surface area contributed by atoms with Gasteiger partial charge in [0.05, 0.1) is 4.53 Å². The first-order valence-electron chi connectivity index (χ1n) is 10.5. The number of nitrogens with zero attached hydrogens (tertiary/aromatic N) is 2. The molecule has 0 aliphatic carbocycles. The molecule has 8 heteroatoms. The van der Waals surface area contributed by atoms with Crippen LogP contribution in [-0.2, 0) is 4.79 Å². The number of phenols is 1. The van der Waals surface area contributed by atoms with Crippen molar-refractivity contribution in [2.24, 2.45) is 4.99 Å². The third kappa shape index (κ3) is 3.99. The maximum Gasteiger partial charge on any atom is 0.271 e. The molecule has 0 fully saturated rings. The molecule has 0 radical (unpaired) electrons. The van der Waals surface area contributed by atoms with E-state index in [1.54, 1.807) is 43.3 Å². The summed E-state index contributed by atoms with van der Waals surface area (Å²) in [5, 5.41) is 9.54. The summed E-state index contributed by atoms with van der Waals surface area (Å²) in [6.07, 6.45) is 1.75. The van der Waals surface area contributed by atoms with Gasteiger partial charge in [-0.1, -0.05) is 51.5 Å². The van der Waals surface area contributed by atoms with E-state index >= 15 is 0 Å². The Balaban J connectivity index is 1.68. The van der Waals surface area contributed by atoms with Crippen molar-refractivity contribution in [3.05, 3.63) is 107 Å². The highest BCUT2D eigenvalue weighted by Gasteiger charge is 2.33. The van der Waals surface area contributed by atoms with Crippen LogP contribution in [-0.4, -0.2) is 15.5 Å². The van der Waals surface area contributed by atoms with Crippen LogP contribution < -0.4 is 14.9 Å². The van der Waals surface area contributed by atoms with Gasteiger partial charge in [-0.15, -0.1) is 0 Å². The second kappa shape index (κ2) is 8.70. The van der Waals surface area contributed by atoms with Crippen LogP contribution in [0, 0.1) is 0 Å². The molecule has 1 N–H and O–H groups in total. The molecule has 0 saturated carbocycles. The minimum Gasteiger partial charge on any atom is -0.508 e. The van der Waals surface area contributed by atoms with Crippen molar-refractivity contribution in [2.75, 3.05) is 0 Å². The number of halogens is 1. The molecular weight excluding hydrogens is 516 g/mol. The molecule has 1 aliphatic rings. The second-order valence-electron chi connectivity index (χ2n) is 7.94. The Labute approximate surface area is 207 Å². The molecule has 2 aromatic carbocycles. The summed E-state index contributed by atoms with van der Waals surface area (Å²) in [7, 11) is 0. The molecule has 34 heavy (non-hydrogen) atoms. The number of carbonyl (C=O) groups is 1. The van der Waals surface area contributed by atoms with Gasteiger partial charge in [-0.25, -0.2) is 4.99 Å². The van der Waals surface area contributed by atoms with E-state index < -0.39 is 6.04 Å². The number of aromatic hydroxyl groups is 1. The number of furan rings is 1. The van der Waals surface area contributed by atoms with Gasteiger partial charge in [0.2, 0.25) is 0 Å². The van der Waals surface area contributed by atoms with Gasteiger partial charge in [-0.2, -0.15) is 0 Å². The van der Waals surface area contributed by atoms with E-state index in [0.717, 1.165) is 15.6 Å². The van der Waals surface area contributed by atoms with Crippen LogP contribution in [0.4, 0.5) is 0 Å². The molecule has 3 heterocycles. The molecule has 170 valence electrons. The summed E-state index contributed by atoms with van der Waals surface area (Å²) in [6.45, 7) is 3.26. The summed E-state index contributed by atoms with van der Waals surface area (Å²) in [5.74, 6) is 1.13. The summed E-state index contributed by atoms with van der Waals surface area (Å²) in [6, 6.07) is 17.3. The molecule has 4 aromatic rings. The molecule has 1 atom stereocenters. The van der Waals surface area contributed by atoms with Crippen LogP contribution in [0.1, 0.15) is 31.2 Å². The van der Waals surface area contributed by atoms with Gasteiger partial charge in [-0.05, 0) is 61.9 Å². The molecule has 6 nitrogen and oxygen atoms in total. The van der Waals surface area contributed by atoms with Crippen LogP contribution >= 0.6 is 27.3 Å². The van der Waals surface area contributed by atoms with Crippen molar-refractivity contribution in [1.29, 1.82) is 0 Å². The number of allylic oxidation sites excluding steroid dienone is 2. The monoisotopic (exact) mass is 534 g/mol. The quantitative estimate of drug-likeness (QED) is 0.416.